The van der Waals surface area contributed by atoms with Crippen LogP contribution in [0.3, 0.4) is 0 Å². The van der Waals surface area contributed by atoms with E-state index in [0.29, 0.717) is 18.7 Å². The molecule has 0 bridgehead atoms. The van der Waals surface area contributed by atoms with Crippen LogP contribution in [0.2, 0.25) is 0 Å². The summed E-state index contributed by atoms with van der Waals surface area (Å²) in [5.41, 5.74) is 1.70. The molecule has 2 rings (SSSR count). The number of benzene rings is 1. The molecule has 0 amide bonds. The molecule has 0 fully saturated rings. The molecule has 19 heavy (non-hydrogen) atoms. The number of hydrogen-bond donors (Lipinski definition) is 1. The third-order valence-corrected chi connectivity index (χ3v) is 3.15. The smallest absolute Gasteiger partial charge is 0.227 e. The topological polar surface area (TPSA) is 60.3 Å². The Bertz CT molecular complexity index is 430. The maximum Gasteiger partial charge on any atom is 0.227 e. The van der Waals surface area contributed by atoms with Crippen LogP contribution in [0.25, 0.3) is 0 Å². The third-order valence-electron chi connectivity index (χ3n) is 3.15. The van der Waals surface area contributed by atoms with E-state index < -0.39 is 0 Å². The summed E-state index contributed by atoms with van der Waals surface area (Å²) >= 11 is 0. The van der Waals surface area contributed by atoms with Gasteiger partial charge >= 0.3 is 0 Å². The van der Waals surface area contributed by atoms with Gasteiger partial charge in [0.05, 0.1) is 19.4 Å². The van der Waals surface area contributed by atoms with Crippen molar-refractivity contribution in [2.75, 3.05) is 20.3 Å². The van der Waals surface area contributed by atoms with Crippen LogP contribution in [-0.4, -0.2) is 37.4 Å². The fraction of sp³-hybridized carbons (Fsp3) is 0.500. The van der Waals surface area contributed by atoms with Crippen LogP contribution in [0.1, 0.15) is 24.8 Å². The predicted molar refractivity (Wildman–Crippen MR) is 71.4 cm³/mol. The molecular weight excluding hydrogens is 246 g/mol. The van der Waals surface area contributed by atoms with E-state index in [1.54, 1.807) is 7.11 Å². The molecule has 1 N–H and O–H groups in total. The van der Waals surface area contributed by atoms with Gasteiger partial charge in [0.25, 0.3) is 0 Å². The summed E-state index contributed by atoms with van der Waals surface area (Å²) in [4.78, 5) is 5.20. The van der Waals surface area contributed by atoms with Gasteiger partial charge in [0.2, 0.25) is 6.29 Å². The standard InChI is InChI=1S/C14H19NO4/c1-3-18-14-8-12(13(9-16)15-19-14)10-4-6-11(17-2)7-5-10/h4-7,12,14,16H,3,8-9H2,1-2H3/t12-,14-/m0/s1. The van der Waals surface area contributed by atoms with Gasteiger partial charge in [-0.3, -0.25) is 0 Å². The minimum atomic E-state index is -0.354. The molecule has 0 aliphatic carbocycles. The molecule has 0 unspecified atom stereocenters. The number of ether oxygens (including phenoxy) is 2. The maximum absolute atomic E-state index is 9.36. The highest BCUT2D eigenvalue weighted by molar-refractivity contribution is 5.91. The first kappa shape index (κ1) is 13.8. The Morgan fingerprint density at radius 3 is 2.68 bits per heavy atom. The second kappa shape index (κ2) is 6.54. The van der Waals surface area contributed by atoms with E-state index >= 15 is 0 Å². The predicted octanol–water partition coefficient (Wildman–Crippen LogP) is 1.91. The molecule has 104 valence electrons. The molecule has 1 aliphatic heterocycles. The molecule has 2 atom stereocenters. The normalized spacial score (nSPS) is 22.6. The molecule has 0 saturated carbocycles. The van der Waals surface area contributed by atoms with Crippen LogP contribution in [0.4, 0.5) is 0 Å². The van der Waals surface area contributed by atoms with Crippen molar-refractivity contribution in [1.82, 2.24) is 0 Å². The highest BCUT2D eigenvalue weighted by Gasteiger charge is 2.28. The number of aliphatic hydroxyl groups is 1. The molecule has 0 saturated heterocycles. The molecule has 1 aliphatic rings. The quantitative estimate of drug-likeness (QED) is 0.883. The van der Waals surface area contributed by atoms with Crippen molar-refractivity contribution in [1.29, 1.82) is 0 Å². The first-order chi connectivity index (χ1) is 9.28. The van der Waals surface area contributed by atoms with Gasteiger partial charge in [0.15, 0.2) is 0 Å². The summed E-state index contributed by atoms with van der Waals surface area (Å²) in [6.07, 6.45) is 0.298. The summed E-state index contributed by atoms with van der Waals surface area (Å²) in [6, 6.07) is 7.75. The number of rotatable bonds is 5. The highest BCUT2D eigenvalue weighted by Crippen LogP contribution is 2.29. The van der Waals surface area contributed by atoms with Gasteiger partial charge in [-0.25, -0.2) is 0 Å². The summed E-state index contributed by atoms with van der Waals surface area (Å²) in [5, 5.41) is 13.3. The first-order valence-corrected chi connectivity index (χ1v) is 6.37. The van der Waals surface area contributed by atoms with Crippen molar-refractivity contribution in [3.63, 3.8) is 0 Å². The van der Waals surface area contributed by atoms with E-state index in [0.717, 1.165) is 11.3 Å². The van der Waals surface area contributed by atoms with Gasteiger partial charge < -0.3 is 19.4 Å². The van der Waals surface area contributed by atoms with Gasteiger partial charge in [0, 0.05) is 18.9 Å². The monoisotopic (exact) mass is 265 g/mol. The van der Waals surface area contributed by atoms with Gasteiger partial charge in [-0.05, 0) is 24.6 Å². The Morgan fingerprint density at radius 1 is 1.37 bits per heavy atom. The number of oxime groups is 1. The second-order valence-corrected chi connectivity index (χ2v) is 4.29. The van der Waals surface area contributed by atoms with Crippen LogP contribution >= 0.6 is 0 Å². The lowest BCUT2D eigenvalue weighted by molar-refractivity contribution is -0.150. The summed E-state index contributed by atoms with van der Waals surface area (Å²) in [5.74, 6) is 0.820. The molecule has 1 aromatic carbocycles. The van der Waals surface area contributed by atoms with E-state index in [1.807, 2.05) is 31.2 Å². The van der Waals surface area contributed by atoms with E-state index in [2.05, 4.69) is 5.16 Å². The number of methoxy groups -OCH3 is 1. The van der Waals surface area contributed by atoms with E-state index in [4.69, 9.17) is 14.3 Å². The van der Waals surface area contributed by atoms with Gasteiger partial charge in [-0.15, -0.1) is 0 Å². The highest BCUT2D eigenvalue weighted by atomic mass is 16.8. The van der Waals surface area contributed by atoms with Crippen molar-refractivity contribution < 1.29 is 19.4 Å². The van der Waals surface area contributed by atoms with Crippen molar-refractivity contribution in [2.24, 2.45) is 5.16 Å². The maximum atomic E-state index is 9.36. The lowest BCUT2D eigenvalue weighted by atomic mass is 9.90. The molecule has 1 aromatic rings. The zero-order chi connectivity index (χ0) is 13.7. The van der Waals surface area contributed by atoms with Crippen molar-refractivity contribution in [3.05, 3.63) is 29.8 Å². The zero-order valence-electron chi connectivity index (χ0n) is 11.2. The van der Waals surface area contributed by atoms with Gasteiger partial charge in [-0.2, -0.15) is 0 Å². The Hall–Kier alpha value is -1.59. The van der Waals surface area contributed by atoms with Crippen molar-refractivity contribution in [2.45, 2.75) is 25.6 Å². The molecule has 5 heteroatoms. The summed E-state index contributed by atoms with van der Waals surface area (Å²) in [7, 11) is 1.63. The molecular formula is C14H19NO4. The first-order valence-electron chi connectivity index (χ1n) is 6.37. The SMILES string of the molecule is CCO[C@@H]1C[C@@H](c2ccc(OC)cc2)C(CO)=NO1. The molecule has 5 nitrogen and oxygen atoms in total. The lowest BCUT2D eigenvalue weighted by Gasteiger charge is -2.27. The van der Waals surface area contributed by atoms with E-state index in [-0.39, 0.29) is 18.8 Å². The Labute approximate surface area is 112 Å². The fourth-order valence-electron chi connectivity index (χ4n) is 2.15. The largest absolute Gasteiger partial charge is 0.497 e. The third kappa shape index (κ3) is 3.24. The van der Waals surface area contributed by atoms with Crippen LogP contribution in [0.15, 0.2) is 29.4 Å². The Morgan fingerprint density at radius 2 is 2.11 bits per heavy atom. The van der Waals surface area contributed by atoms with Gasteiger partial charge in [0.1, 0.15) is 5.75 Å². The molecule has 0 radical (unpaired) electrons. The second-order valence-electron chi connectivity index (χ2n) is 4.29. The van der Waals surface area contributed by atoms with Crippen LogP contribution < -0.4 is 4.74 Å². The lowest BCUT2D eigenvalue weighted by Crippen LogP contribution is -2.30. The van der Waals surface area contributed by atoms with Gasteiger partial charge in [-0.1, -0.05) is 17.3 Å². The molecule has 0 aromatic heterocycles. The van der Waals surface area contributed by atoms with Crippen LogP contribution in [0, 0.1) is 0 Å². The van der Waals surface area contributed by atoms with Crippen molar-refractivity contribution in [3.8, 4) is 5.75 Å². The average Bonchev–Trinajstić information content (AvgIpc) is 2.47. The zero-order valence-corrected chi connectivity index (χ0v) is 11.2. The summed E-state index contributed by atoms with van der Waals surface area (Å²) in [6.45, 7) is 2.37. The van der Waals surface area contributed by atoms with E-state index in [1.165, 1.54) is 0 Å². The minimum Gasteiger partial charge on any atom is -0.497 e. The van der Waals surface area contributed by atoms with Crippen molar-refractivity contribution >= 4 is 5.71 Å². The van der Waals surface area contributed by atoms with Crippen LogP contribution in [0.5, 0.6) is 5.75 Å². The minimum absolute atomic E-state index is 0.0150. The van der Waals surface area contributed by atoms with E-state index in [9.17, 15) is 5.11 Å². The Kier molecular flexibility index (Phi) is 4.76. The fourth-order valence-corrected chi connectivity index (χ4v) is 2.15. The number of aliphatic hydroxyl groups excluding tert-OH is 1. The number of hydrogen-bond acceptors (Lipinski definition) is 5. The number of nitrogens with zero attached hydrogens (tertiary/aromatic N) is 1. The average molecular weight is 265 g/mol. The summed E-state index contributed by atoms with van der Waals surface area (Å²) < 4.78 is 10.6. The molecule has 0 spiro atoms. The van der Waals surface area contributed by atoms with Crippen LogP contribution in [-0.2, 0) is 9.57 Å². The Balaban J connectivity index is 2.18. The molecule has 1 heterocycles.